The van der Waals surface area contributed by atoms with E-state index in [0.717, 1.165) is 12.0 Å². The molecule has 0 unspecified atom stereocenters. The Morgan fingerprint density at radius 1 is 0.750 bits per heavy atom. The normalized spacial score (nSPS) is 19.1. The molecule has 0 saturated carbocycles. The fraction of sp³-hybridized carbons (Fsp3) is 0.136. The van der Waals surface area contributed by atoms with E-state index in [-0.39, 0.29) is 18.0 Å². The highest BCUT2D eigenvalue weighted by molar-refractivity contribution is 5.96. The van der Waals surface area contributed by atoms with Crippen molar-refractivity contribution >= 4 is 5.91 Å². The van der Waals surface area contributed by atoms with Gasteiger partial charge in [0.05, 0.1) is 12.1 Å². The van der Waals surface area contributed by atoms with Gasteiger partial charge in [-0.1, -0.05) is 78.9 Å². The summed E-state index contributed by atoms with van der Waals surface area (Å²) in [6, 6.07) is 30.7. The van der Waals surface area contributed by atoms with E-state index in [2.05, 4.69) is 36.4 Å². The quantitative estimate of drug-likeness (QED) is 0.650. The number of benzene rings is 3. The average molecular weight is 313 g/mol. The summed E-state index contributed by atoms with van der Waals surface area (Å²) in [5, 5.41) is 0. The molecular formula is C22H19NO. The molecule has 0 bridgehead atoms. The molecule has 0 radical (unpaired) electrons. The standard InChI is InChI=1S/C22H19NO/c24-22(19-14-8-3-9-15-19)23-20(16-17-10-4-1-5-11-17)21(23)18-12-6-2-7-13-18/h1-15,20-21H,16H2/t20-,21+,23?/m1/s1. The lowest BCUT2D eigenvalue weighted by molar-refractivity contribution is 0.0864. The predicted octanol–water partition coefficient (Wildman–Crippen LogP) is 4.50. The molecule has 3 aromatic carbocycles. The number of nitrogens with zero attached hydrogens (tertiary/aromatic N) is 1. The van der Waals surface area contributed by atoms with Gasteiger partial charge in [0.25, 0.3) is 5.91 Å². The van der Waals surface area contributed by atoms with Gasteiger partial charge >= 0.3 is 0 Å². The summed E-state index contributed by atoms with van der Waals surface area (Å²) in [6.45, 7) is 0. The molecule has 2 atom stereocenters. The first-order valence-corrected chi connectivity index (χ1v) is 8.31. The van der Waals surface area contributed by atoms with Crippen LogP contribution in [0, 0.1) is 0 Å². The van der Waals surface area contributed by atoms with Gasteiger partial charge in [0.1, 0.15) is 0 Å². The zero-order valence-corrected chi connectivity index (χ0v) is 13.4. The van der Waals surface area contributed by atoms with Gasteiger partial charge in [-0.25, -0.2) is 0 Å². The number of amides is 1. The molecular weight excluding hydrogens is 294 g/mol. The lowest BCUT2D eigenvalue weighted by Crippen LogP contribution is -2.15. The first-order valence-electron chi connectivity index (χ1n) is 8.31. The molecule has 3 aromatic rings. The zero-order valence-electron chi connectivity index (χ0n) is 13.4. The van der Waals surface area contributed by atoms with E-state index in [1.54, 1.807) is 0 Å². The van der Waals surface area contributed by atoms with Crippen molar-refractivity contribution in [2.24, 2.45) is 0 Å². The fourth-order valence-electron chi connectivity index (χ4n) is 3.39. The smallest absolute Gasteiger partial charge is 0.254 e. The second-order valence-corrected chi connectivity index (χ2v) is 6.19. The van der Waals surface area contributed by atoms with Gasteiger partial charge in [-0.15, -0.1) is 0 Å². The Balaban J connectivity index is 1.61. The summed E-state index contributed by atoms with van der Waals surface area (Å²) in [7, 11) is 0. The van der Waals surface area contributed by atoms with Crippen molar-refractivity contribution in [3.63, 3.8) is 0 Å². The monoisotopic (exact) mass is 313 g/mol. The van der Waals surface area contributed by atoms with E-state index in [1.165, 1.54) is 11.1 Å². The highest BCUT2D eigenvalue weighted by Crippen LogP contribution is 2.45. The van der Waals surface area contributed by atoms with Crippen LogP contribution in [0.5, 0.6) is 0 Å². The first kappa shape index (κ1) is 14.7. The fourth-order valence-corrected chi connectivity index (χ4v) is 3.39. The van der Waals surface area contributed by atoms with Gasteiger partial charge < -0.3 is 4.90 Å². The molecule has 1 aliphatic heterocycles. The third-order valence-electron chi connectivity index (χ3n) is 4.62. The maximum atomic E-state index is 12.9. The Bertz CT molecular complexity index is 814. The minimum atomic E-state index is 0.116. The number of hydrogen-bond donors (Lipinski definition) is 0. The minimum absolute atomic E-state index is 0.116. The van der Waals surface area contributed by atoms with E-state index in [0.29, 0.717) is 0 Å². The second kappa shape index (κ2) is 6.32. The highest BCUT2D eigenvalue weighted by atomic mass is 16.2. The van der Waals surface area contributed by atoms with Gasteiger partial charge in [0.15, 0.2) is 0 Å². The summed E-state index contributed by atoms with van der Waals surface area (Å²) in [6.07, 6.45) is 0.888. The molecule has 0 aliphatic carbocycles. The van der Waals surface area contributed by atoms with Crippen LogP contribution < -0.4 is 0 Å². The molecule has 1 saturated heterocycles. The Morgan fingerprint density at radius 3 is 1.92 bits per heavy atom. The van der Waals surface area contributed by atoms with Crippen molar-refractivity contribution < 1.29 is 4.79 Å². The summed E-state index contributed by atoms with van der Waals surface area (Å²) >= 11 is 0. The van der Waals surface area contributed by atoms with Gasteiger partial charge in [-0.05, 0) is 29.7 Å². The number of hydrogen-bond acceptors (Lipinski definition) is 1. The molecule has 4 rings (SSSR count). The molecule has 0 aromatic heterocycles. The number of carbonyl (C=O) groups excluding carboxylic acids is 1. The van der Waals surface area contributed by atoms with Crippen LogP contribution in [0.1, 0.15) is 27.5 Å². The molecule has 24 heavy (non-hydrogen) atoms. The first-order chi connectivity index (χ1) is 11.8. The molecule has 0 spiro atoms. The SMILES string of the molecule is O=C(c1ccccc1)N1[C@H](Cc2ccccc2)[C@@H]1c1ccccc1. The molecule has 1 fully saturated rings. The summed E-state index contributed by atoms with van der Waals surface area (Å²) < 4.78 is 0. The molecule has 1 aliphatic rings. The van der Waals surface area contributed by atoms with Gasteiger partial charge in [-0.2, -0.15) is 0 Å². The van der Waals surface area contributed by atoms with E-state index in [9.17, 15) is 4.79 Å². The van der Waals surface area contributed by atoms with E-state index >= 15 is 0 Å². The number of rotatable bonds is 4. The maximum Gasteiger partial charge on any atom is 0.254 e. The summed E-state index contributed by atoms with van der Waals surface area (Å²) in [5.41, 5.74) is 3.24. The van der Waals surface area contributed by atoms with Crippen LogP contribution in [0.3, 0.4) is 0 Å². The molecule has 1 heterocycles. The number of carbonyl (C=O) groups is 1. The van der Waals surface area contributed by atoms with Gasteiger partial charge in [0.2, 0.25) is 0 Å². The van der Waals surface area contributed by atoms with Crippen LogP contribution in [0.4, 0.5) is 0 Å². The third kappa shape index (κ3) is 2.83. The van der Waals surface area contributed by atoms with Crippen LogP contribution in [-0.2, 0) is 6.42 Å². The molecule has 118 valence electrons. The predicted molar refractivity (Wildman–Crippen MR) is 95.7 cm³/mol. The topological polar surface area (TPSA) is 20.1 Å². The molecule has 0 N–H and O–H groups in total. The average Bonchev–Trinajstić information content (AvgIpc) is 3.37. The molecule has 2 nitrogen and oxygen atoms in total. The summed E-state index contributed by atoms with van der Waals surface area (Å²) in [5.74, 6) is 0.116. The third-order valence-corrected chi connectivity index (χ3v) is 4.62. The van der Waals surface area contributed by atoms with E-state index < -0.39 is 0 Å². The summed E-state index contributed by atoms with van der Waals surface area (Å²) in [4.78, 5) is 14.9. The van der Waals surface area contributed by atoms with Crippen molar-refractivity contribution in [1.29, 1.82) is 0 Å². The van der Waals surface area contributed by atoms with Crippen molar-refractivity contribution in [2.75, 3.05) is 0 Å². The van der Waals surface area contributed by atoms with Crippen LogP contribution >= 0.6 is 0 Å². The van der Waals surface area contributed by atoms with Crippen LogP contribution in [0.25, 0.3) is 0 Å². The van der Waals surface area contributed by atoms with Crippen molar-refractivity contribution in [1.82, 2.24) is 4.90 Å². The maximum absolute atomic E-state index is 12.9. The van der Waals surface area contributed by atoms with E-state index in [1.807, 2.05) is 59.5 Å². The van der Waals surface area contributed by atoms with Crippen molar-refractivity contribution in [2.45, 2.75) is 18.5 Å². The second-order valence-electron chi connectivity index (χ2n) is 6.19. The largest absolute Gasteiger partial charge is 0.324 e. The van der Waals surface area contributed by atoms with Crippen LogP contribution in [0.15, 0.2) is 91.0 Å². The van der Waals surface area contributed by atoms with Gasteiger partial charge in [0, 0.05) is 5.56 Å². The minimum Gasteiger partial charge on any atom is -0.324 e. The van der Waals surface area contributed by atoms with Crippen molar-refractivity contribution in [3.8, 4) is 0 Å². The Hall–Kier alpha value is -2.87. The Morgan fingerprint density at radius 2 is 1.29 bits per heavy atom. The lowest BCUT2D eigenvalue weighted by atomic mass is 10.0. The molecule has 2 heteroatoms. The van der Waals surface area contributed by atoms with Crippen molar-refractivity contribution in [3.05, 3.63) is 108 Å². The van der Waals surface area contributed by atoms with E-state index in [4.69, 9.17) is 0 Å². The van der Waals surface area contributed by atoms with Gasteiger partial charge in [-0.3, -0.25) is 4.79 Å². The highest BCUT2D eigenvalue weighted by Gasteiger charge is 2.51. The lowest BCUT2D eigenvalue weighted by Gasteiger charge is -2.05. The van der Waals surface area contributed by atoms with Crippen LogP contribution in [-0.4, -0.2) is 16.8 Å². The van der Waals surface area contributed by atoms with Crippen LogP contribution in [0.2, 0.25) is 0 Å². The zero-order chi connectivity index (χ0) is 16.4. The Kier molecular flexibility index (Phi) is 3.87. The molecule has 1 amide bonds. The Labute approximate surface area is 142 Å².